The lowest BCUT2D eigenvalue weighted by molar-refractivity contribution is 0.476. The van der Waals surface area contributed by atoms with Gasteiger partial charge >= 0.3 is 5.69 Å². The highest BCUT2D eigenvalue weighted by Crippen LogP contribution is 2.20. The van der Waals surface area contributed by atoms with Crippen LogP contribution in [0.1, 0.15) is 44.4 Å². The van der Waals surface area contributed by atoms with E-state index in [-0.39, 0.29) is 5.69 Å². The molecule has 17 heavy (non-hydrogen) atoms. The van der Waals surface area contributed by atoms with Crippen molar-refractivity contribution in [3.05, 3.63) is 26.4 Å². The Balaban J connectivity index is 2.43. The summed E-state index contributed by atoms with van der Waals surface area (Å²) in [5, 5.41) is 0. The molecule has 0 spiro atoms. The van der Waals surface area contributed by atoms with Gasteiger partial charge in [-0.25, -0.2) is 4.79 Å². The lowest BCUT2D eigenvalue weighted by atomic mass is 9.97. The van der Waals surface area contributed by atoms with Crippen LogP contribution in [0.3, 0.4) is 0 Å². The molecule has 4 heteroatoms. The average Bonchev–Trinajstić information content (AvgIpc) is 2.28. The zero-order valence-electron chi connectivity index (χ0n) is 10.6. The van der Waals surface area contributed by atoms with Gasteiger partial charge in [-0.3, -0.25) is 9.55 Å². The molecule has 0 bridgehead atoms. The first-order chi connectivity index (χ1) is 8.09. The smallest absolute Gasteiger partial charge is 0.298 e. The zero-order chi connectivity index (χ0) is 12.4. The van der Waals surface area contributed by atoms with Crippen LogP contribution in [0, 0.1) is 10.6 Å². The second-order valence-electron chi connectivity index (χ2n) is 5.23. The van der Waals surface area contributed by atoms with Crippen LogP contribution in [0.25, 0.3) is 0 Å². The molecule has 0 saturated heterocycles. The van der Waals surface area contributed by atoms with E-state index >= 15 is 0 Å². The summed E-state index contributed by atoms with van der Waals surface area (Å²) in [7, 11) is 0. The maximum absolute atomic E-state index is 12.0. The first-order valence-corrected chi connectivity index (χ1v) is 6.85. The maximum atomic E-state index is 12.0. The van der Waals surface area contributed by atoms with Crippen molar-refractivity contribution in [2.45, 2.75) is 52.5 Å². The molecule has 1 aromatic rings. The van der Waals surface area contributed by atoms with Crippen LogP contribution in [0.15, 0.2) is 4.79 Å². The van der Waals surface area contributed by atoms with Gasteiger partial charge in [0.05, 0.1) is 0 Å². The van der Waals surface area contributed by atoms with Crippen molar-refractivity contribution >= 4 is 12.2 Å². The molecule has 1 heterocycles. The topological polar surface area (TPSA) is 37.8 Å². The minimum Gasteiger partial charge on any atom is -0.298 e. The van der Waals surface area contributed by atoms with E-state index in [1.807, 2.05) is 4.57 Å². The summed E-state index contributed by atoms with van der Waals surface area (Å²) in [6, 6.07) is 0. The summed E-state index contributed by atoms with van der Waals surface area (Å²) in [6.45, 7) is 5.18. The fourth-order valence-corrected chi connectivity index (χ4v) is 2.73. The van der Waals surface area contributed by atoms with E-state index in [0.29, 0.717) is 10.6 Å². The van der Waals surface area contributed by atoms with Gasteiger partial charge in [0.2, 0.25) is 0 Å². The largest absolute Gasteiger partial charge is 0.326 e. The van der Waals surface area contributed by atoms with Crippen molar-refractivity contribution in [3.63, 3.8) is 0 Å². The molecule has 2 rings (SSSR count). The first kappa shape index (κ1) is 12.6. The molecule has 94 valence electrons. The van der Waals surface area contributed by atoms with Crippen LogP contribution in [0.5, 0.6) is 0 Å². The van der Waals surface area contributed by atoms with E-state index < -0.39 is 0 Å². The van der Waals surface area contributed by atoms with Gasteiger partial charge in [-0.15, -0.1) is 0 Å². The molecule has 0 radical (unpaired) electrons. The summed E-state index contributed by atoms with van der Waals surface area (Å²) in [4.78, 5) is 14.8. The van der Waals surface area contributed by atoms with Crippen molar-refractivity contribution in [1.82, 2.24) is 9.55 Å². The third-order valence-electron chi connectivity index (χ3n) is 3.43. The maximum Gasteiger partial charge on any atom is 0.326 e. The predicted octanol–water partition coefficient (Wildman–Crippen LogP) is 2.83. The highest BCUT2D eigenvalue weighted by Gasteiger charge is 2.16. The lowest BCUT2D eigenvalue weighted by Crippen LogP contribution is -2.30. The Morgan fingerprint density at radius 3 is 2.76 bits per heavy atom. The fourth-order valence-electron chi connectivity index (χ4n) is 2.42. The zero-order valence-corrected chi connectivity index (χ0v) is 11.4. The molecule has 1 aliphatic carbocycles. The van der Waals surface area contributed by atoms with Gasteiger partial charge in [0.1, 0.15) is 4.64 Å². The van der Waals surface area contributed by atoms with Gasteiger partial charge in [0, 0.05) is 17.8 Å². The molecular formula is C13H20N2OS. The number of hydrogen-bond donors (Lipinski definition) is 1. The van der Waals surface area contributed by atoms with Crippen molar-refractivity contribution in [3.8, 4) is 0 Å². The minimum atomic E-state index is -0.0312. The molecule has 0 aliphatic heterocycles. The number of nitrogens with zero attached hydrogens (tertiary/aromatic N) is 1. The Morgan fingerprint density at radius 2 is 2.06 bits per heavy atom. The summed E-state index contributed by atoms with van der Waals surface area (Å²) < 4.78 is 2.56. The average molecular weight is 252 g/mol. The molecule has 1 N–H and O–H groups in total. The van der Waals surface area contributed by atoms with Crippen LogP contribution in [0.4, 0.5) is 0 Å². The van der Waals surface area contributed by atoms with E-state index in [4.69, 9.17) is 12.2 Å². The van der Waals surface area contributed by atoms with E-state index in [2.05, 4.69) is 18.8 Å². The summed E-state index contributed by atoms with van der Waals surface area (Å²) in [5.41, 5.74) is 2.36. The van der Waals surface area contributed by atoms with Crippen LogP contribution < -0.4 is 5.69 Å². The Bertz CT molecular complexity index is 513. The Kier molecular flexibility index (Phi) is 3.82. The van der Waals surface area contributed by atoms with Crippen LogP contribution in [-0.2, 0) is 19.4 Å². The lowest BCUT2D eigenvalue weighted by Gasteiger charge is -2.21. The number of aromatic amines is 1. The van der Waals surface area contributed by atoms with Crippen molar-refractivity contribution in [2.75, 3.05) is 0 Å². The fraction of sp³-hybridized carbons (Fsp3) is 0.692. The second-order valence-corrected chi connectivity index (χ2v) is 5.63. The van der Waals surface area contributed by atoms with Crippen molar-refractivity contribution in [1.29, 1.82) is 0 Å². The van der Waals surface area contributed by atoms with E-state index in [0.717, 1.165) is 25.8 Å². The highest BCUT2D eigenvalue weighted by molar-refractivity contribution is 7.71. The Labute approximate surface area is 107 Å². The number of aromatic nitrogens is 2. The second kappa shape index (κ2) is 5.17. The summed E-state index contributed by atoms with van der Waals surface area (Å²) in [5.74, 6) is 0.615. The molecule has 1 aromatic heterocycles. The molecule has 1 aliphatic rings. The normalized spacial score (nSPS) is 15.0. The molecule has 0 unspecified atom stereocenters. The van der Waals surface area contributed by atoms with Gasteiger partial charge < -0.3 is 0 Å². The number of nitrogens with one attached hydrogen (secondary N) is 1. The Hall–Kier alpha value is -0.900. The predicted molar refractivity (Wildman–Crippen MR) is 72.0 cm³/mol. The van der Waals surface area contributed by atoms with Gasteiger partial charge in [-0.2, -0.15) is 0 Å². The number of H-pyrrole nitrogens is 1. The summed E-state index contributed by atoms with van der Waals surface area (Å²) >= 11 is 5.25. The van der Waals surface area contributed by atoms with Gasteiger partial charge in [0.15, 0.2) is 0 Å². The minimum absolute atomic E-state index is 0.0312. The standard InChI is InChI=1S/C13H20N2OS/c1-9(2)7-8-15-11-6-4-3-5-10(11)12(17)14-13(15)16/h9H,3-8H2,1-2H3,(H,14,16,17). The van der Waals surface area contributed by atoms with Gasteiger partial charge in [-0.1, -0.05) is 26.1 Å². The first-order valence-electron chi connectivity index (χ1n) is 6.44. The van der Waals surface area contributed by atoms with Gasteiger partial charge in [0.25, 0.3) is 0 Å². The molecule has 0 atom stereocenters. The molecule has 0 amide bonds. The van der Waals surface area contributed by atoms with Crippen molar-refractivity contribution < 1.29 is 0 Å². The third-order valence-corrected chi connectivity index (χ3v) is 3.78. The highest BCUT2D eigenvalue weighted by atomic mass is 32.1. The van der Waals surface area contributed by atoms with E-state index in [1.54, 1.807) is 0 Å². The van der Waals surface area contributed by atoms with Crippen LogP contribution >= 0.6 is 12.2 Å². The quantitative estimate of drug-likeness (QED) is 0.840. The molecule has 0 aromatic carbocycles. The molecule has 0 fully saturated rings. The van der Waals surface area contributed by atoms with E-state index in [1.165, 1.54) is 24.1 Å². The molecular weight excluding hydrogens is 232 g/mol. The number of hydrogen-bond acceptors (Lipinski definition) is 2. The summed E-state index contributed by atoms with van der Waals surface area (Å²) in [6.07, 6.45) is 5.42. The van der Waals surface area contributed by atoms with Crippen molar-refractivity contribution in [2.24, 2.45) is 5.92 Å². The Morgan fingerprint density at radius 1 is 1.35 bits per heavy atom. The monoisotopic (exact) mass is 252 g/mol. The van der Waals surface area contributed by atoms with E-state index in [9.17, 15) is 4.79 Å². The third kappa shape index (κ3) is 2.68. The SMILES string of the molecule is CC(C)CCn1c2c(c(=S)[nH]c1=O)CCCC2. The number of fused-ring (bicyclic) bond motifs is 1. The van der Waals surface area contributed by atoms with Gasteiger partial charge in [-0.05, 0) is 38.0 Å². The number of rotatable bonds is 3. The molecule has 0 saturated carbocycles. The van der Waals surface area contributed by atoms with Crippen LogP contribution in [0.2, 0.25) is 0 Å². The molecule has 3 nitrogen and oxygen atoms in total. The van der Waals surface area contributed by atoms with Crippen LogP contribution in [-0.4, -0.2) is 9.55 Å².